The predicted molar refractivity (Wildman–Crippen MR) is 77.4 cm³/mol. The Hall–Kier alpha value is -0.860. The van der Waals surface area contributed by atoms with Crippen LogP contribution in [-0.4, -0.2) is 18.0 Å². The Labute approximate surface area is 111 Å². The summed E-state index contributed by atoms with van der Waals surface area (Å²) < 4.78 is 0. The second-order valence-electron chi connectivity index (χ2n) is 5.59. The summed E-state index contributed by atoms with van der Waals surface area (Å²) in [5.41, 5.74) is 9.74. The van der Waals surface area contributed by atoms with Crippen LogP contribution in [-0.2, 0) is 13.1 Å². The third-order valence-corrected chi connectivity index (χ3v) is 4.23. The molecule has 1 aliphatic carbocycles. The summed E-state index contributed by atoms with van der Waals surface area (Å²) in [7, 11) is 0. The Morgan fingerprint density at radius 2 is 2.11 bits per heavy atom. The highest BCUT2D eigenvalue weighted by Crippen LogP contribution is 2.27. The lowest BCUT2D eigenvalue weighted by atomic mass is 9.85. The van der Waals surface area contributed by atoms with Gasteiger partial charge < -0.3 is 5.73 Å². The normalized spacial score (nSPS) is 16.0. The first-order chi connectivity index (χ1) is 8.72. The highest BCUT2D eigenvalue weighted by Gasteiger charge is 2.20. The summed E-state index contributed by atoms with van der Waals surface area (Å²) in [5, 5.41) is 0. The molecule has 1 fully saturated rings. The van der Waals surface area contributed by atoms with E-state index in [1.807, 2.05) is 0 Å². The molecule has 0 unspecified atom stereocenters. The van der Waals surface area contributed by atoms with Gasteiger partial charge in [-0.15, -0.1) is 0 Å². The first-order valence-corrected chi connectivity index (χ1v) is 7.23. The summed E-state index contributed by atoms with van der Waals surface area (Å²) in [6.07, 6.45) is 4.30. The smallest absolute Gasteiger partial charge is 0.0236 e. The Morgan fingerprint density at radius 3 is 2.61 bits per heavy atom. The van der Waals surface area contributed by atoms with E-state index in [1.54, 1.807) is 0 Å². The van der Waals surface area contributed by atoms with Gasteiger partial charge in [0.25, 0.3) is 0 Å². The van der Waals surface area contributed by atoms with Gasteiger partial charge in [0.15, 0.2) is 0 Å². The lowest BCUT2D eigenvalue weighted by Crippen LogP contribution is -2.32. The number of hydrogen-bond donors (Lipinski definition) is 1. The summed E-state index contributed by atoms with van der Waals surface area (Å²) in [5.74, 6) is 0.952. The van der Waals surface area contributed by atoms with Gasteiger partial charge in [0.05, 0.1) is 0 Å². The molecule has 2 nitrogen and oxygen atoms in total. The van der Waals surface area contributed by atoms with Crippen LogP contribution in [0, 0.1) is 12.8 Å². The zero-order valence-corrected chi connectivity index (χ0v) is 11.8. The molecule has 100 valence electrons. The van der Waals surface area contributed by atoms with Crippen LogP contribution in [0.25, 0.3) is 0 Å². The van der Waals surface area contributed by atoms with Gasteiger partial charge >= 0.3 is 0 Å². The largest absolute Gasteiger partial charge is 0.326 e. The molecule has 0 aliphatic heterocycles. The summed E-state index contributed by atoms with van der Waals surface area (Å²) >= 11 is 0. The Balaban J connectivity index is 1.97. The van der Waals surface area contributed by atoms with Crippen molar-refractivity contribution in [2.24, 2.45) is 11.7 Å². The van der Waals surface area contributed by atoms with Crippen molar-refractivity contribution >= 4 is 0 Å². The molecule has 18 heavy (non-hydrogen) atoms. The van der Waals surface area contributed by atoms with Gasteiger partial charge in [-0.3, -0.25) is 4.90 Å². The van der Waals surface area contributed by atoms with E-state index in [0.717, 1.165) is 19.0 Å². The van der Waals surface area contributed by atoms with Gasteiger partial charge in [0.2, 0.25) is 0 Å². The maximum atomic E-state index is 5.68. The first kappa shape index (κ1) is 13.6. The monoisotopic (exact) mass is 246 g/mol. The Bertz CT molecular complexity index is 383. The number of hydrogen-bond acceptors (Lipinski definition) is 2. The van der Waals surface area contributed by atoms with Crippen LogP contribution in [0.1, 0.15) is 42.9 Å². The number of benzene rings is 1. The van der Waals surface area contributed by atoms with Gasteiger partial charge in [0, 0.05) is 19.6 Å². The molecular weight excluding hydrogens is 220 g/mol. The zero-order chi connectivity index (χ0) is 13.0. The molecular formula is C16H26N2. The average Bonchev–Trinajstić information content (AvgIpc) is 2.33. The second kappa shape index (κ2) is 6.35. The number of rotatable bonds is 6. The molecule has 2 heteroatoms. The number of aryl methyl sites for hydroxylation is 1. The average molecular weight is 246 g/mol. The number of nitrogens with zero attached hydrogens (tertiary/aromatic N) is 1. The topological polar surface area (TPSA) is 29.3 Å². The van der Waals surface area contributed by atoms with Crippen LogP contribution in [0.2, 0.25) is 0 Å². The van der Waals surface area contributed by atoms with E-state index in [9.17, 15) is 0 Å². The lowest BCUT2D eigenvalue weighted by Gasteiger charge is -2.32. The third kappa shape index (κ3) is 3.33. The highest BCUT2D eigenvalue weighted by molar-refractivity contribution is 5.31. The zero-order valence-electron chi connectivity index (χ0n) is 11.8. The van der Waals surface area contributed by atoms with E-state index in [-0.39, 0.29) is 0 Å². The van der Waals surface area contributed by atoms with Crippen LogP contribution in [0.5, 0.6) is 0 Å². The lowest BCUT2D eigenvalue weighted by molar-refractivity contribution is 0.178. The standard InChI is InChI=1S/C16H26N2/c1-3-18(11-14-5-4-6-14)12-16-8-7-15(10-17)9-13(16)2/h7-9,14H,3-6,10-12,17H2,1-2H3. The highest BCUT2D eigenvalue weighted by atomic mass is 15.1. The van der Waals surface area contributed by atoms with E-state index in [4.69, 9.17) is 5.73 Å². The molecule has 1 aromatic rings. The second-order valence-corrected chi connectivity index (χ2v) is 5.59. The molecule has 1 aromatic carbocycles. The van der Waals surface area contributed by atoms with Crippen LogP contribution in [0.3, 0.4) is 0 Å². The van der Waals surface area contributed by atoms with Crippen molar-refractivity contribution in [3.05, 3.63) is 34.9 Å². The quantitative estimate of drug-likeness (QED) is 0.836. The fourth-order valence-electron chi connectivity index (χ4n) is 2.65. The Morgan fingerprint density at radius 1 is 1.33 bits per heavy atom. The summed E-state index contributed by atoms with van der Waals surface area (Å²) in [6, 6.07) is 6.65. The first-order valence-electron chi connectivity index (χ1n) is 7.23. The van der Waals surface area contributed by atoms with Crippen molar-refractivity contribution in [3.8, 4) is 0 Å². The molecule has 0 spiro atoms. The van der Waals surface area contributed by atoms with Crippen molar-refractivity contribution in [2.45, 2.75) is 46.2 Å². The van der Waals surface area contributed by atoms with Gasteiger partial charge in [-0.05, 0) is 48.9 Å². The van der Waals surface area contributed by atoms with Crippen molar-refractivity contribution < 1.29 is 0 Å². The van der Waals surface area contributed by atoms with E-state index in [2.05, 4.69) is 36.9 Å². The number of nitrogens with two attached hydrogens (primary N) is 1. The molecule has 0 heterocycles. The molecule has 2 N–H and O–H groups in total. The van der Waals surface area contributed by atoms with E-state index < -0.39 is 0 Å². The summed E-state index contributed by atoms with van der Waals surface area (Å²) in [4.78, 5) is 2.58. The van der Waals surface area contributed by atoms with Crippen LogP contribution >= 0.6 is 0 Å². The third-order valence-electron chi connectivity index (χ3n) is 4.23. The van der Waals surface area contributed by atoms with E-state index >= 15 is 0 Å². The van der Waals surface area contributed by atoms with Crippen LogP contribution < -0.4 is 5.73 Å². The molecule has 0 amide bonds. The predicted octanol–water partition coefficient (Wildman–Crippen LogP) is 3.08. The van der Waals surface area contributed by atoms with Gasteiger partial charge in [-0.2, -0.15) is 0 Å². The molecule has 0 bridgehead atoms. The van der Waals surface area contributed by atoms with E-state index in [0.29, 0.717) is 6.54 Å². The van der Waals surface area contributed by atoms with Gasteiger partial charge in [-0.25, -0.2) is 0 Å². The minimum absolute atomic E-state index is 0.640. The van der Waals surface area contributed by atoms with E-state index in [1.165, 1.54) is 42.5 Å². The fraction of sp³-hybridized carbons (Fsp3) is 0.625. The fourth-order valence-corrected chi connectivity index (χ4v) is 2.65. The Kier molecular flexibility index (Phi) is 4.79. The maximum Gasteiger partial charge on any atom is 0.0236 e. The molecule has 1 saturated carbocycles. The van der Waals surface area contributed by atoms with Gasteiger partial charge in [-0.1, -0.05) is 31.5 Å². The van der Waals surface area contributed by atoms with Crippen molar-refractivity contribution in [3.63, 3.8) is 0 Å². The van der Waals surface area contributed by atoms with Crippen molar-refractivity contribution in [1.29, 1.82) is 0 Å². The SMILES string of the molecule is CCN(Cc1ccc(CN)cc1C)CC1CCC1. The molecule has 0 aromatic heterocycles. The molecule has 1 aliphatic rings. The van der Waals surface area contributed by atoms with Crippen molar-refractivity contribution in [2.75, 3.05) is 13.1 Å². The molecule has 0 saturated heterocycles. The molecule has 0 radical (unpaired) electrons. The van der Waals surface area contributed by atoms with Crippen LogP contribution in [0.15, 0.2) is 18.2 Å². The maximum absolute atomic E-state index is 5.68. The van der Waals surface area contributed by atoms with Crippen molar-refractivity contribution in [1.82, 2.24) is 4.90 Å². The van der Waals surface area contributed by atoms with Crippen LogP contribution in [0.4, 0.5) is 0 Å². The summed E-state index contributed by atoms with van der Waals surface area (Å²) in [6.45, 7) is 8.61. The van der Waals surface area contributed by atoms with Gasteiger partial charge in [0.1, 0.15) is 0 Å². The molecule has 0 atom stereocenters. The minimum Gasteiger partial charge on any atom is -0.326 e. The minimum atomic E-state index is 0.640. The molecule has 2 rings (SSSR count).